The van der Waals surface area contributed by atoms with E-state index in [1.807, 2.05) is 18.7 Å². The van der Waals surface area contributed by atoms with Crippen LogP contribution in [0.25, 0.3) is 0 Å². The molecule has 0 spiro atoms. The molecule has 1 aromatic heterocycles. The molecule has 2 aromatic rings. The first-order valence-corrected chi connectivity index (χ1v) is 11.4. The molecule has 2 heterocycles. The van der Waals surface area contributed by atoms with Crippen LogP contribution in [0.15, 0.2) is 23.1 Å². The van der Waals surface area contributed by atoms with E-state index in [0.29, 0.717) is 11.6 Å². The van der Waals surface area contributed by atoms with Crippen LogP contribution in [0.1, 0.15) is 43.7 Å². The summed E-state index contributed by atoms with van der Waals surface area (Å²) in [5, 5.41) is 8.57. The Labute approximate surface area is 163 Å². The fourth-order valence-corrected chi connectivity index (χ4v) is 5.21. The fourth-order valence-electron chi connectivity index (χ4n) is 3.34. The average Bonchev–Trinajstić information content (AvgIpc) is 3.05. The van der Waals surface area contributed by atoms with Crippen LogP contribution in [0.4, 0.5) is 10.8 Å². The lowest BCUT2D eigenvalue weighted by Crippen LogP contribution is -2.39. The van der Waals surface area contributed by atoms with Gasteiger partial charge in [0.15, 0.2) is 0 Å². The van der Waals surface area contributed by atoms with Crippen molar-refractivity contribution in [3.05, 3.63) is 28.8 Å². The molecular formula is C18H24N4O3S2. The minimum Gasteiger partial charge on any atom is -0.312 e. The van der Waals surface area contributed by atoms with E-state index < -0.39 is 10.0 Å². The molecule has 0 atom stereocenters. The third kappa shape index (κ3) is 4.14. The molecule has 1 amide bonds. The third-order valence-electron chi connectivity index (χ3n) is 4.83. The van der Waals surface area contributed by atoms with Crippen molar-refractivity contribution in [3.8, 4) is 0 Å². The zero-order valence-electron chi connectivity index (χ0n) is 15.7. The molecule has 1 aliphatic rings. The monoisotopic (exact) mass is 408 g/mol. The number of amides is 1. The van der Waals surface area contributed by atoms with Gasteiger partial charge in [0.2, 0.25) is 11.0 Å². The van der Waals surface area contributed by atoms with Crippen molar-refractivity contribution in [1.29, 1.82) is 0 Å². The topological polar surface area (TPSA) is 92.3 Å². The Kier molecular flexibility index (Phi) is 5.81. The van der Waals surface area contributed by atoms with Crippen LogP contribution in [0.5, 0.6) is 0 Å². The minimum atomic E-state index is -3.74. The van der Waals surface area contributed by atoms with Gasteiger partial charge in [0, 0.05) is 18.2 Å². The number of aromatic nitrogens is 2. The molecule has 0 radical (unpaired) electrons. The number of carbonyl (C=O) groups is 1. The highest BCUT2D eigenvalue weighted by molar-refractivity contribution is 7.93. The van der Waals surface area contributed by atoms with Crippen molar-refractivity contribution in [2.45, 2.75) is 51.3 Å². The molecule has 27 heavy (non-hydrogen) atoms. The summed E-state index contributed by atoms with van der Waals surface area (Å²) < 4.78 is 27.8. The standard InChI is InChI=1S/C18H24N4O3S2/c1-4-13(5-2)17(23)22-10-6-7-14-11-15(8-9-16(14)22)27(24,25)21-18-20-19-12(3)26-18/h8-9,11,13H,4-7,10H2,1-3H3,(H,20,21). The van der Waals surface area contributed by atoms with Gasteiger partial charge in [-0.15, -0.1) is 10.2 Å². The number of hydrogen-bond donors (Lipinski definition) is 1. The van der Waals surface area contributed by atoms with E-state index in [1.165, 1.54) is 11.3 Å². The summed E-state index contributed by atoms with van der Waals surface area (Å²) in [7, 11) is -3.74. The van der Waals surface area contributed by atoms with Gasteiger partial charge in [0.05, 0.1) is 4.90 Å². The first-order valence-electron chi connectivity index (χ1n) is 9.13. The maximum absolute atomic E-state index is 12.8. The number of aryl methyl sites for hydroxylation is 2. The second kappa shape index (κ2) is 7.93. The number of nitrogens with one attached hydrogen (secondary N) is 1. The van der Waals surface area contributed by atoms with Crippen molar-refractivity contribution >= 4 is 38.1 Å². The SMILES string of the molecule is CCC(CC)C(=O)N1CCCc2cc(S(=O)(=O)Nc3nnc(C)s3)ccc21. The highest BCUT2D eigenvalue weighted by Gasteiger charge is 2.28. The van der Waals surface area contributed by atoms with E-state index in [0.717, 1.165) is 36.9 Å². The zero-order chi connectivity index (χ0) is 19.6. The molecule has 3 rings (SSSR count). The Morgan fingerprint density at radius 3 is 2.67 bits per heavy atom. The predicted molar refractivity (Wildman–Crippen MR) is 107 cm³/mol. The second-order valence-electron chi connectivity index (χ2n) is 6.63. The van der Waals surface area contributed by atoms with E-state index in [9.17, 15) is 13.2 Å². The average molecular weight is 409 g/mol. The van der Waals surface area contributed by atoms with E-state index >= 15 is 0 Å². The van der Waals surface area contributed by atoms with Crippen LogP contribution in [0.3, 0.4) is 0 Å². The number of carbonyl (C=O) groups excluding carboxylic acids is 1. The van der Waals surface area contributed by atoms with Gasteiger partial charge >= 0.3 is 0 Å². The fraction of sp³-hybridized carbons (Fsp3) is 0.500. The molecule has 9 heteroatoms. The predicted octanol–water partition coefficient (Wildman–Crippen LogP) is 3.36. The van der Waals surface area contributed by atoms with Gasteiger partial charge in [-0.2, -0.15) is 0 Å². The van der Waals surface area contributed by atoms with Crippen LogP contribution in [0, 0.1) is 12.8 Å². The van der Waals surface area contributed by atoms with Crippen molar-refractivity contribution in [1.82, 2.24) is 10.2 Å². The maximum atomic E-state index is 12.8. The molecular weight excluding hydrogens is 384 g/mol. The summed E-state index contributed by atoms with van der Waals surface area (Å²) in [5.41, 5.74) is 1.71. The first kappa shape index (κ1) is 19.8. The minimum absolute atomic E-state index is 0.00154. The van der Waals surface area contributed by atoms with Gasteiger partial charge in [0.25, 0.3) is 10.0 Å². The van der Waals surface area contributed by atoms with Gasteiger partial charge in [-0.25, -0.2) is 8.42 Å². The molecule has 1 aliphatic heterocycles. The van der Waals surface area contributed by atoms with Crippen LogP contribution >= 0.6 is 11.3 Å². The van der Waals surface area contributed by atoms with Crippen molar-refractivity contribution in [2.75, 3.05) is 16.2 Å². The molecule has 146 valence electrons. The Hall–Kier alpha value is -2.00. The highest BCUT2D eigenvalue weighted by atomic mass is 32.2. The van der Waals surface area contributed by atoms with Gasteiger partial charge < -0.3 is 4.90 Å². The van der Waals surface area contributed by atoms with Gasteiger partial charge in [-0.3, -0.25) is 9.52 Å². The summed E-state index contributed by atoms with van der Waals surface area (Å²) in [6.07, 6.45) is 3.19. The molecule has 0 aliphatic carbocycles. The van der Waals surface area contributed by atoms with E-state index in [-0.39, 0.29) is 21.9 Å². The van der Waals surface area contributed by atoms with Crippen LogP contribution in [-0.2, 0) is 21.2 Å². The third-order valence-corrected chi connectivity index (χ3v) is 7.05. The molecule has 7 nitrogen and oxygen atoms in total. The lowest BCUT2D eigenvalue weighted by molar-refractivity contribution is -0.122. The molecule has 0 fully saturated rings. The summed E-state index contributed by atoms with van der Waals surface area (Å²) >= 11 is 1.19. The highest BCUT2D eigenvalue weighted by Crippen LogP contribution is 2.32. The quantitative estimate of drug-likeness (QED) is 0.791. The van der Waals surface area contributed by atoms with Crippen LogP contribution in [-0.4, -0.2) is 31.1 Å². The lowest BCUT2D eigenvalue weighted by atomic mass is 9.97. The van der Waals surface area contributed by atoms with E-state index in [2.05, 4.69) is 14.9 Å². The Morgan fingerprint density at radius 2 is 2.04 bits per heavy atom. The largest absolute Gasteiger partial charge is 0.312 e. The van der Waals surface area contributed by atoms with Gasteiger partial charge in [-0.05, 0) is 56.4 Å². The number of benzene rings is 1. The number of hydrogen-bond acceptors (Lipinski definition) is 6. The van der Waals surface area contributed by atoms with Crippen molar-refractivity contribution < 1.29 is 13.2 Å². The Morgan fingerprint density at radius 1 is 1.30 bits per heavy atom. The Balaban J connectivity index is 1.89. The summed E-state index contributed by atoms with van der Waals surface area (Å²) in [6.45, 7) is 6.48. The number of rotatable bonds is 6. The van der Waals surface area contributed by atoms with E-state index in [4.69, 9.17) is 0 Å². The number of nitrogens with zero attached hydrogens (tertiary/aromatic N) is 3. The summed E-state index contributed by atoms with van der Waals surface area (Å²) in [6, 6.07) is 4.96. The lowest BCUT2D eigenvalue weighted by Gasteiger charge is -2.32. The number of fused-ring (bicyclic) bond motifs is 1. The van der Waals surface area contributed by atoms with Crippen molar-refractivity contribution in [2.24, 2.45) is 5.92 Å². The molecule has 0 saturated heterocycles. The number of sulfonamides is 1. The van der Waals surface area contributed by atoms with E-state index in [1.54, 1.807) is 25.1 Å². The first-order chi connectivity index (χ1) is 12.9. The van der Waals surface area contributed by atoms with Crippen LogP contribution < -0.4 is 9.62 Å². The maximum Gasteiger partial charge on any atom is 0.263 e. The smallest absolute Gasteiger partial charge is 0.263 e. The second-order valence-corrected chi connectivity index (χ2v) is 9.49. The van der Waals surface area contributed by atoms with Crippen molar-refractivity contribution in [3.63, 3.8) is 0 Å². The summed E-state index contributed by atoms with van der Waals surface area (Å²) in [5.74, 6) is 0.126. The molecule has 0 bridgehead atoms. The molecule has 0 saturated carbocycles. The van der Waals surface area contributed by atoms with Gasteiger partial charge in [-0.1, -0.05) is 25.2 Å². The number of anilines is 2. The Bertz CT molecular complexity index is 936. The zero-order valence-corrected chi connectivity index (χ0v) is 17.4. The summed E-state index contributed by atoms with van der Waals surface area (Å²) in [4.78, 5) is 14.8. The molecule has 1 aromatic carbocycles. The normalized spacial score (nSPS) is 14.3. The van der Waals surface area contributed by atoms with Gasteiger partial charge in [0.1, 0.15) is 5.01 Å². The molecule has 0 unspecified atom stereocenters. The van der Waals surface area contributed by atoms with Crippen LogP contribution in [0.2, 0.25) is 0 Å². The molecule has 1 N–H and O–H groups in total.